The van der Waals surface area contributed by atoms with Crippen LogP contribution in [0.5, 0.6) is 0 Å². The van der Waals surface area contributed by atoms with E-state index in [2.05, 4.69) is 5.10 Å². The molecule has 1 saturated heterocycles. The zero-order valence-corrected chi connectivity index (χ0v) is 17.7. The van der Waals surface area contributed by atoms with Crippen LogP contribution in [0.3, 0.4) is 0 Å². The maximum Gasteiger partial charge on any atom is 0.272 e. The molecule has 0 aliphatic carbocycles. The number of hydrogen-bond acceptors (Lipinski definition) is 3. The summed E-state index contributed by atoms with van der Waals surface area (Å²) < 4.78 is 21.9. The van der Waals surface area contributed by atoms with E-state index in [4.69, 9.17) is 4.74 Å². The van der Waals surface area contributed by atoms with Gasteiger partial charge in [-0.05, 0) is 57.5 Å². The normalized spacial score (nSPS) is 19.2. The van der Waals surface area contributed by atoms with Crippen molar-refractivity contribution in [2.75, 3.05) is 13.1 Å². The average molecular weight is 407 g/mol. The lowest BCUT2D eigenvalue weighted by Gasteiger charge is -2.35. The minimum Gasteiger partial charge on any atom is -0.372 e. The van der Waals surface area contributed by atoms with E-state index in [1.165, 1.54) is 6.07 Å². The number of amides is 1. The van der Waals surface area contributed by atoms with Crippen LogP contribution in [0, 0.1) is 19.7 Å². The van der Waals surface area contributed by atoms with Gasteiger partial charge in [-0.1, -0.05) is 29.8 Å². The van der Waals surface area contributed by atoms with Crippen molar-refractivity contribution < 1.29 is 13.9 Å². The molecule has 5 nitrogen and oxygen atoms in total. The second kappa shape index (κ2) is 8.03. The average Bonchev–Trinajstić information content (AvgIpc) is 3.11. The highest BCUT2D eigenvalue weighted by Gasteiger charge is 2.30. The molecule has 156 valence electrons. The molecule has 2 atom stereocenters. The molecule has 0 saturated carbocycles. The van der Waals surface area contributed by atoms with Gasteiger partial charge in [0.2, 0.25) is 0 Å². The predicted molar refractivity (Wildman–Crippen MR) is 114 cm³/mol. The van der Waals surface area contributed by atoms with Crippen LogP contribution in [0.25, 0.3) is 16.9 Å². The highest BCUT2D eigenvalue weighted by molar-refractivity contribution is 5.94. The highest BCUT2D eigenvalue weighted by atomic mass is 19.1. The van der Waals surface area contributed by atoms with Gasteiger partial charge in [-0.15, -0.1) is 0 Å². The van der Waals surface area contributed by atoms with Crippen LogP contribution in [0.2, 0.25) is 0 Å². The molecule has 0 bridgehead atoms. The Kier molecular flexibility index (Phi) is 5.43. The maximum atomic E-state index is 14.4. The van der Waals surface area contributed by atoms with Gasteiger partial charge in [0.25, 0.3) is 5.91 Å². The summed E-state index contributed by atoms with van der Waals surface area (Å²) in [5, 5.41) is 4.65. The molecule has 4 rings (SSSR count). The smallest absolute Gasteiger partial charge is 0.272 e. The van der Waals surface area contributed by atoms with Crippen molar-refractivity contribution >= 4 is 5.91 Å². The predicted octanol–water partition coefficient (Wildman–Crippen LogP) is 4.54. The summed E-state index contributed by atoms with van der Waals surface area (Å²) in [5.41, 5.74) is 4.16. The largest absolute Gasteiger partial charge is 0.372 e. The molecule has 1 aromatic heterocycles. The fourth-order valence-corrected chi connectivity index (χ4v) is 4.07. The number of carbonyl (C=O) groups is 1. The third kappa shape index (κ3) is 3.87. The summed E-state index contributed by atoms with van der Waals surface area (Å²) in [6, 6.07) is 14.2. The monoisotopic (exact) mass is 407 g/mol. The van der Waals surface area contributed by atoms with Gasteiger partial charge in [0.1, 0.15) is 11.5 Å². The van der Waals surface area contributed by atoms with Gasteiger partial charge in [0, 0.05) is 18.7 Å². The molecular weight excluding hydrogens is 381 g/mol. The molecular formula is C24H26FN3O2. The van der Waals surface area contributed by atoms with Crippen LogP contribution in [-0.4, -0.2) is 45.9 Å². The van der Waals surface area contributed by atoms with E-state index in [0.717, 1.165) is 16.8 Å². The number of aromatic nitrogens is 2. The zero-order chi connectivity index (χ0) is 21.4. The number of morpholine rings is 1. The van der Waals surface area contributed by atoms with Crippen molar-refractivity contribution in [1.29, 1.82) is 0 Å². The summed E-state index contributed by atoms with van der Waals surface area (Å²) in [5.74, 6) is -0.498. The Balaban J connectivity index is 1.83. The zero-order valence-electron chi connectivity index (χ0n) is 17.7. The minimum atomic E-state index is -0.365. The molecule has 2 aromatic carbocycles. The van der Waals surface area contributed by atoms with E-state index in [-0.39, 0.29) is 23.9 Å². The first kappa shape index (κ1) is 20.3. The number of ether oxygens (including phenoxy) is 1. The first-order valence-electron chi connectivity index (χ1n) is 10.2. The van der Waals surface area contributed by atoms with Gasteiger partial charge in [-0.25, -0.2) is 9.07 Å². The van der Waals surface area contributed by atoms with E-state index in [1.54, 1.807) is 33.8 Å². The minimum absolute atomic E-state index is 0.0405. The van der Waals surface area contributed by atoms with Gasteiger partial charge in [0.05, 0.1) is 23.6 Å². The van der Waals surface area contributed by atoms with E-state index >= 15 is 0 Å². The van der Waals surface area contributed by atoms with Crippen molar-refractivity contribution in [3.63, 3.8) is 0 Å². The second-order valence-corrected chi connectivity index (χ2v) is 8.06. The van der Waals surface area contributed by atoms with Crippen molar-refractivity contribution in [2.24, 2.45) is 0 Å². The number of halogens is 1. The SMILES string of the molecule is Cc1ccc(-n2nc(-c3ccccc3F)cc2C(=O)N2C[C@H](C)O[C@@H](C)C2)c(C)c1. The molecule has 0 radical (unpaired) electrons. The third-order valence-electron chi connectivity index (χ3n) is 5.37. The van der Waals surface area contributed by atoms with Crippen molar-refractivity contribution in [3.8, 4) is 16.9 Å². The van der Waals surface area contributed by atoms with E-state index < -0.39 is 0 Å². The summed E-state index contributed by atoms with van der Waals surface area (Å²) in [7, 11) is 0. The van der Waals surface area contributed by atoms with Gasteiger partial charge in [-0.2, -0.15) is 5.10 Å². The third-order valence-corrected chi connectivity index (χ3v) is 5.37. The van der Waals surface area contributed by atoms with Gasteiger partial charge < -0.3 is 9.64 Å². The number of benzene rings is 2. The fraction of sp³-hybridized carbons (Fsp3) is 0.333. The Morgan fingerprint density at radius 1 is 1.07 bits per heavy atom. The van der Waals surface area contributed by atoms with Gasteiger partial charge in [0.15, 0.2) is 0 Å². The first-order valence-corrected chi connectivity index (χ1v) is 10.2. The lowest BCUT2D eigenvalue weighted by molar-refractivity contribution is -0.0588. The topological polar surface area (TPSA) is 47.4 Å². The molecule has 1 fully saturated rings. The molecule has 2 heterocycles. The lowest BCUT2D eigenvalue weighted by atomic mass is 10.1. The molecule has 0 N–H and O–H groups in total. The van der Waals surface area contributed by atoms with Crippen molar-refractivity contribution in [3.05, 3.63) is 71.2 Å². The summed E-state index contributed by atoms with van der Waals surface area (Å²) >= 11 is 0. The van der Waals surface area contributed by atoms with E-state index in [9.17, 15) is 9.18 Å². The Bertz CT molecular complexity index is 1080. The van der Waals surface area contributed by atoms with Gasteiger partial charge in [-0.3, -0.25) is 4.79 Å². The summed E-state index contributed by atoms with van der Waals surface area (Å²) in [6.45, 7) is 8.95. The second-order valence-electron chi connectivity index (χ2n) is 8.06. The first-order chi connectivity index (χ1) is 14.3. The highest BCUT2D eigenvalue weighted by Crippen LogP contribution is 2.27. The standard InChI is InChI=1S/C24H26FN3O2/c1-15-9-10-22(16(2)11-15)28-23(24(29)27-13-17(3)30-18(4)14-27)12-21(26-28)19-7-5-6-8-20(19)25/h5-12,17-18H,13-14H2,1-4H3/t17-,18-/m0/s1. The quantitative estimate of drug-likeness (QED) is 0.640. The summed E-state index contributed by atoms with van der Waals surface area (Å²) in [6.07, 6.45) is -0.0811. The number of carbonyl (C=O) groups excluding carboxylic acids is 1. The van der Waals surface area contributed by atoms with Gasteiger partial charge >= 0.3 is 0 Å². The molecule has 1 aliphatic heterocycles. The van der Waals surface area contributed by atoms with E-state index in [0.29, 0.717) is 30.0 Å². The van der Waals surface area contributed by atoms with Crippen molar-refractivity contribution in [2.45, 2.75) is 39.9 Å². The Labute approximate surface area is 176 Å². The molecule has 6 heteroatoms. The van der Waals surface area contributed by atoms with Crippen LogP contribution in [0.1, 0.15) is 35.5 Å². The Hall–Kier alpha value is -2.99. The molecule has 1 amide bonds. The van der Waals surface area contributed by atoms with Crippen molar-refractivity contribution in [1.82, 2.24) is 14.7 Å². The molecule has 0 unspecified atom stereocenters. The van der Waals surface area contributed by atoms with E-state index in [1.807, 2.05) is 45.9 Å². The molecule has 30 heavy (non-hydrogen) atoms. The van der Waals surface area contributed by atoms with Crippen LogP contribution < -0.4 is 0 Å². The molecule has 1 aliphatic rings. The fourth-order valence-electron chi connectivity index (χ4n) is 4.07. The number of rotatable bonds is 3. The lowest BCUT2D eigenvalue weighted by Crippen LogP contribution is -2.48. The Morgan fingerprint density at radius 2 is 1.77 bits per heavy atom. The molecule has 0 spiro atoms. The number of aryl methyl sites for hydroxylation is 2. The maximum absolute atomic E-state index is 14.4. The number of nitrogens with zero attached hydrogens (tertiary/aromatic N) is 3. The van der Waals surface area contributed by atoms with Crippen LogP contribution in [0.4, 0.5) is 4.39 Å². The van der Waals surface area contributed by atoms with Crippen LogP contribution >= 0.6 is 0 Å². The Morgan fingerprint density at radius 3 is 2.43 bits per heavy atom. The summed E-state index contributed by atoms with van der Waals surface area (Å²) in [4.78, 5) is 15.3. The van der Waals surface area contributed by atoms with Crippen LogP contribution in [0.15, 0.2) is 48.5 Å². The molecule has 3 aromatic rings. The van der Waals surface area contributed by atoms with Crippen LogP contribution in [-0.2, 0) is 4.74 Å². The number of hydrogen-bond donors (Lipinski definition) is 0.